The van der Waals surface area contributed by atoms with Gasteiger partial charge in [0, 0.05) is 24.7 Å². The van der Waals surface area contributed by atoms with Crippen molar-refractivity contribution in [3.63, 3.8) is 0 Å². The normalized spacial score (nSPS) is 18.1. The van der Waals surface area contributed by atoms with E-state index in [0.29, 0.717) is 12.1 Å². The Bertz CT molecular complexity index is 600. The zero-order chi connectivity index (χ0) is 16.8. The third kappa shape index (κ3) is 4.80. The summed E-state index contributed by atoms with van der Waals surface area (Å²) in [5.74, 6) is -2.51. The highest BCUT2D eigenvalue weighted by atomic mass is 16.4. The molecular weight excluding hydrogens is 306 g/mol. The second-order valence-electron chi connectivity index (χ2n) is 5.11. The quantitative estimate of drug-likeness (QED) is 0.388. The molecule has 10 heteroatoms. The number of carbonyl (C=O) groups is 4. The molecule has 3 amide bonds. The molecule has 0 radical (unpaired) electrons. The van der Waals surface area contributed by atoms with Crippen LogP contribution in [0.2, 0.25) is 0 Å². The SMILES string of the molecule is O=C(O)CNC(=O)C(Cc1cnc[nH]1)NC(=O)[C@@H]1CCC(=O)N1. The van der Waals surface area contributed by atoms with Gasteiger partial charge in [-0.2, -0.15) is 0 Å². The highest BCUT2D eigenvalue weighted by Gasteiger charge is 2.30. The van der Waals surface area contributed by atoms with Crippen molar-refractivity contribution in [3.8, 4) is 0 Å². The molecule has 0 aliphatic carbocycles. The standard InChI is InChI=1S/C13H17N5O5/c19-10-2-1-8(17-10)13(23)18-9(3-7-4-14-6-16-7)12(22)15-5-11(20)21/h4,6,8-9H,1-3,5H2,(H,14,16)(H,15,22)(H,17,19)(H,18,23)(H,20,21)/t8-,9?/m0/s1. The first kappa shape index (κ1) is 16.5. The van der Waals surface area contributed by atoms with E-state index in [-0.39, 0.29) is 18.7 Å². The first-order chi connectivity index (χ1) is 11.0. The van der Waals surface area contributed by atoms with E-state index in [1.165, 1.54) is 12.5 Å². The Hall–Kier alpha value is -2.91. The van der Waals surface area contributed by atoms with Crippen molar-refractivity contribution >= 4 is 23.7 Å². The molecule has 10 nitrogen and oxygen atoms in total. The predicted octanol–water partition coefficient (Wildman–Crippen LogP) is -2.08. The number of imidazole rings is 1. The van der Waals surface area contributed by atoms with E-state index in [1.54, 1.807) is 0 Å². The molecule has 0 bridgehead atoms. The summed E-state index contributed by atoms with van der Waals surface area (Å²) in [5.41, 5.74) is 0.608. The monoisotopic (exact) mass is 323 g/mol. The van der Waals surface area contributed by atoms with E-state index in [0.717, 1.165) is 0 Å². The third-order valence-electron chi connectivity index (χ3n) is 3.34. The van der Waals surface area contributed by atoms with Crippen LogP contribution in [0.15, 0.2) is 12.5 Å². The number of rotatable bonds is 7. The number of aromatic amines is 1. The Morgan fingerprint density at radius 2 is 2.22 bits per heavy atom. The van der Waals surface area contributed by atoms with E-state index in [2.05, 4.69) is 25.9 Å². The van der Waals surface area contributed by atoms with Gasteiger partial charge in [-0.1, -0.05) is 0 Å². The fourth-order valence-corrected chi connectivity index (χ4v) is 2.19. The smallest absolute Gasteiger partial charge is 0.322 e. The van der Waals surface area contributed by atoms with Crippen LogP contribution < -0.4 is 16.0 Å². The van der Waals surface area contributed by atoms with E-state index in [4.69, 9.17) is 5.11 Å². The second-order valence-corrected chi connectivity index (χ2v) is 5.11. The maximum Gasteiger partial charge on any atom is 0.322 e. The van der Waals surface area contributed by atoms with E-state index < -0.39 is 36.4 Å². The van der Waals surface area contributed by atoms with E-state index in [1.807, 2.05) is 0 Å². The van der Waals surface area contributed by atoms with Crippen molar-refractivity contribution in [2.45, 2.75) is 31.3 Å². The molecule has 1 saturated heterocycles. The molecule has 0 spiro atoms. The number of nitrogens with zero attached hydrogens (tertiary/aromatic N) is 1. The number of hydrogen-bond donors (Lipinski definition) is 5. The summed E-state index contributed by atoms with van der Waals surface area (Å²) in [6.45, 7) is -0.547. The largest absolute Gasteiger partial charge is 0.480 e. The van der Waals surface area contributed by atoms with Gasteiger partial charge in [-0.15, -0.1) is 0 Å². The Morgan fingerprint density at radius 1 is 1.43 bits per heavy atom. The minimum absolute atomic E-state index is 0.123. The summed E-state index contributed by atoms with van der Waals surface area (Å²) in [4.78, 5) is 52.5. The second kappa shape index (κ2) is 7.38. The lowest BCUT2D eigenvalue weighted by atomic mass is 10.1. The molecule has 1 fully saturated rings. The number of carbonyl (C=O) groups excluding carboxylic acids is 3. The van der Waals surface area contributed by atoms with Crippen molar-refractivity contribution < 1.29 is 24.3 Å². The van der Waals surface area contributed by atoms with Crippen LogP contribution >= 0.6 is 0 Å². The van der Waals surface area contributed by atoms with Gasteiger partial charge in [0.1, 0.15) is 18.6 Å². The van der Waals surface area contributed by atoms with Gasteiger partial charge in [-0.3, -0.25) is 19.2 Å². The van der Waals surface area contributed by atoms with Crippen LogP contribution in [0.25, 0.3) is 0 Å². The number of hydrogen-bond acceptors (Lipinski definition) is 5. The van der Waals surface area contributed by atoms with Crippen LogP contribution in [0, 0.1) is 0 Å². The minimum atomic E-state index is -1.19. The lowest BCUT2D eigenvalue weighted by Gasteiger charge is -2.19. The van der Waals surface area contributed by atoms with Gasteiger partial charge < -0.3 is 26.0 Å². The maximum atomic E-state index is 12.1. The Morgan fingerprint density at radius 3 is 2.78 bits per heavy atom. The summed E-state index contributed by atoms with van der Waals surface area (Å²) >= 11 is 0. The molecule has 23 heavy (non-hydrogen) atoms. The number of aromatic nitrogens is 2. The van der Waals surface area contributed by atoms with Crippen molar-refractivity contribution in [1.29, 1.82) is 0 Å². The molecule has 2 heterocycles. The topological polar surface area (TPSA) is 153 Å². The van der Waals surface area contributed by atoms with Crippen LogP contribution in [0.4, 0.5) is 0 Å². The molecule has 1 aromatic rings. The van der Waals surface area contributed by atoms with Crippen LogP contribution in [-0.4, -0.2) is 57.4 Å². The first-order valence-electron chi connectivity index (χ1n) is 7.02. The first-order valence-corrected chi connectivity index (χ1v) is 7.02. The van der Waals surface area contributed by atoms with Crippen molar-refractivity contribution in [1.82, 2.24) is 25.9 Å². The fourth-order valence-electron chi connectivity index (χ4n) is 2.19. The van der Waals surface area contributed by atoms with Gasteiger partial charge in [0.2, 0.25) is 17.7 Å². The molecule has 5 N–H and O–H groups in total. The van der Waals surface area contributed by atoms with Crippen LogP contribution in [0.3, 0.4) is 0 Å². The number of carboxylic acids is 1. The minimum Gasteiger partial charge on any atom is -0.480 e. The average Bonchev–Trinajstić information content (AvgIpc) is 3.15. The number of nitrogens with one attached hydrogen (secondary N) is 4. The van der Waals surface area contributed by atoms with Gasteiger partial charge in [-0.05, 0) is 6.42 Å². The lowest BCUT2D eigenvalue weighted by Crippen LogP contribution is -2.53. The van der Waals surface area contributed by atoms with Crippen LogP contribution in [0.5, 0.6) is 0 Å². The molecule has 2 rings (SSSR count). The van der Waals surface area contributed by atoms with Crippen molar-refractivity contribution in [2.75, 3.05) is 6.54 Å². The van der Waals surface area contributed by atoms with Crippen molar-refractivity contribution in [2.24, 2.45) is 0 Å². The predicted molar refractivity (Wildman–Crippen MR) is 76.0 cm³/mol. The molecule has 0 saturated carbocycles. The molecular formula is C13H17N5O5. The van der Waals surface area contributed by atoms with E-state index >= 15 is 0 Å². The highest BCUT2D eigenvalue weighted by molar-refractivity contribution is 5.94. The van der Waals surface area contributed by atoms with Gasteiger partial charge in [0.25, 0.3) is 0 Å². The molecule has 0 aromatic carbocycles. The Kier molecular flexibility index (Phi) is 5.28. The molecule has 2 atom stereocenters. The molecule has 1 unspecified atom stereocenters. The average molecular weight is 323 g/mol. The molecule has 1 aromatic heterocycles. The summed E-state index contributed by atoms with van der Waals surface area (Å²) in [5, 5.41) is 15.9. The fraction of sp³-hybridized carbons (Fsp3) is 0.462. The van der Waals surface area contributed by atoms with Gasteiger partial charge in [0.15, 0.2) is 0 Å². The summed E-state index contributed by atoms with van der Waals surface area (Å²) < 4.78 is 0. The molecule has 1 aliphatic heterocycles. The lowest BCUT2D eigenvalue weighted by molar-refractivity contribution is -0.138. The number of aliphatic carboxylic acids is 1. The summed E-state index contributed by atoms with van der Waals surface area (Å²) in [6, 6.07) is -1.65. The highest BCUT2D eigenvalue weighted by Crippen LogP contribution is 2.07. The van der Waals surface area contributed by atoms with Crippen molar-refractivity contribution in [3.05, 3.63) is 18.2 Å². The summed E-state index contributed by atoms with van der Waals surface area (Å²) in [6.07, 6.45) is 3.67. The number of carboxylic acid groups (broad SMARTS) is 1. The zero-order valence-corrected chi connectivity index (χ0v) is 12.2. The maximum absolute atomic E-state index is 12.1. The number of amides is 3. The molecule has 1 aliphatic rings. The van der Waals surface area contributed by atoms with Crippen LogP contribution in [-0.2, 0) is 25.6 Å². The number of H-pyrrole nitrogens is 1. The van der Waals surface area contributed by atoms with Gasteiger partial charge in [-0.25, -0.2) is 4.98 Å². The van der Waals surface area contributed by atoms with Crippen LogP contribution in [0.1, 0.15) is 18.5 Å². The Labute approximate surface area is 131 Å². The van der Waals surface area contributed by atoms with Gasteiger partial charge >= 0.3 is 5.97 Å². The third-order valence-corrected chi connectivity index (χ3v) is 3.34. The zero-order valence-electron chi connectivity index (χ0n) is 12.2. The van der Waals surface area contributed by atoms with E-state index in [9.17, 15) is 19.2 Å². The molecule has 124 valence electrons. The van der Waals surface area contributed by atoms with Gasteiger partial charge in [0.05, 0.1) is 6.33 Å². The Balaban J connectivity index is 2.00. The summed E-state index contributed by atoms with van der Waals surface area (Å²) in [7, 11) is 0.